The fourth-order valence-corrected chi connectivity index (χ4v) is 4.20. The van der Waals surface area contributed by atoms with Gasteiger partial charge in [0, 0.05) is 30.5 Å². The van der Waals surface area contributed by atoms with Crippen LogP contribution in [0.25, 0.3) is 11.0 Å². The lowest BCUT2D eigenvalue weighted by Gasteiger charge is -2.20. The zero-order valence-electron chi connectivity index (χ0n) is 16.0. The second kappa shape index (κ2) is 8.78. The van der Waals surface area contributed by atoms with Crippen LogP contribution in [0.4, 0.5) is 0 Å². The predicted molar refractivity (Wildman–Crippen MR) is 114 cm³/mol. The Balaban J connectivity index is 1.48. The third-order valence-electron chi connectivity index (χ3n) is 5.61. The SMILES string of the molecule is O=C(NCCc1nc2ccccc2n1Cc1ccc(Cl)cc1)C1CCCCC1. The van der Waals surface area contributed by atoms with Gasteiger partial charge in [0.1, 0.15) is 5.82 Å². The van der Waals surface area contributed by atoms with Crippen LogP contribution in [0.15, 0.2) is 48.5 Å². The summed E-state index contributed by atoms with van der Waals surface area (Å²) in [7, 11) is 0. The van der Waals surface area contributed by atoms with E-state index >= 15 is 0 Å². The Morgan fingerprint density at radius 3 is 2.61 bits per heavy atom. The number of amides is 1. The minimum Gasteiger partial charge on any atom is -0.355 e. The maximum atomic E-state index is 12.4. The molecule has 1 amide bonds. The average molecular weight is 396 g/mol. The van der Waals surface area contributed by atoms with Crippen molar-refractivity contribution in [3.05, 3.63) is 64.9 Å². The van der Waals surface area contributed by atoms with E-state index in [0.29, 0.717) is 6.54 Å². The van der Waals surface area contributed by atoms with E-state index in [1.54, 1.807) is 0 Å². The molecule has 5 heteroatoms. The standard InChI is InChI=1S/C23H26ClN3O/c24-19-12-10-17(11-13-19)16-27-21-9-5-4-8-20(21)26-22(27)14-15-25-23(28)18-6-2-1-3-7-18/h4-5,8-13,18H,1-3,6-7,14-16H2,(H,25,28). The monoisotopic (exact) mass is 395 g/mol. The number of rotatable bonds is 6. The number of nitrogens with one attached hydrogen (secondary N) is 1. The molecule has 4 rings (SSSR count). The summed E-state index contributed by atoms with van der Waals surface area (Å²) < 4.78 is 2.24. The first-order valence-corrected chi connectivity index (χ1v) is 10.5. The van der Waals surface area contributed by atoms with Crippen LogP contribution in [0.3, 0.4) is 0 Å². The number of nitrogens with zero attached hydrogens (tertiary/aromatic N) is 2. The lowest BCUT2D eigenvalue weighted by molar-refractivity contribution is -0.125. The quantitative estimate of drug-likeness (QED) is 0.640. The van der Waals surface area contributed by atoms with Crippen molar-refractivity contribution in [3.8, 4) is 0 Å². The fraction of sp³-hybridized carbons (Fsp3) is 0.391. The van der Waals surface area contributed by atoms with Gasteiger partial charge in [-0.25, -0.2) is 4.98 Å². The zero-order chi connectivity index (χ0) is 19.3. The number of aromatic nitrogens is 2. The number of fused-ring (bicyclic) bond motifs is 1. The number of imidazole rings is 1. The molecule has 0 bridgehead atoms. The summed E-state index contributed by atoms with van der Waals surface area (Å²) >= 11 is 6.02. The molecule has 1 aliphatic rings. The van der Waals surface area contributed by atoms with Crippen molar-refractivity contribution in [1.29, 1.82) is 0 Å². The second-order valence-corrected chi connectivity index (χ2v) is 8.04. The van der Waals surface area contributed by atoms with Gasteiger partial charge in [-0.1, -0.05) is 55.1 Å². The Bertz CT molecular complexity index is 942. The van der Waals surface area contributed by atoms with E-state index in [2.05, 4.69) is 16.0 Å². The number of para-hydroxylation sites is 2. The van der Waals surface area contributed by atoms with Gasteiger partial charge in [0.2, 0.25) is 5.91 Å². The van der Waals surface area contributed by atoms with Crippen molar-refractivity contribution in [2.45, 2.75) is 45.1 Å². The summed E-state index contributed by atoms with van der Waals surface area (Å²) in [5.74, 6) is 1.40. The summed E-state index contributed by atoms with van der Waals surface area (Å²) in [6.07, 6.45) is 6.39. The van der Waals surface area contributed by atoms with Crippen molar-refractivity contribution < 1.29 is 4.79 Å². The molecule has 0 aliphatic heterocycles. The molecule has 1 aliphatic carbocycles. The molecule has 1 fully saturated rings. The molecule has 1 aromatic heterocycles. The first-order chi connectivity index (χ1) is 13.7. The van der Waals surface area contributed by atoms with Gasteiger partial charge in [-0.05, 0) is 42.7 Å². The van der Waals surface area contributed by atoms with Crippen LogP contribution in [0.2, 0.25) is 5.02 Å². The lowest BCUT2D eigenvalue weighted by Crippen LogP contribution is -2.33. The maximum Gasteiger partial charge on any atom is 0.223 e. The molecule has 3 aromatic rings. The normalized spacial score (nSPS) is 15.0. The van der Waals surface area contributed by atoms with Gasteiger partial charge >= 0.3 is 0 Å². The van der Waals surface area contributed by atoms with Gasteiger partial charge in [0.25, 0.3) is 0 Å². The van der Waals surface area contributed by atoms with Gasteiger partial charge in [-0.3, -0.25) is 4.79 Å². The Hall–Kier alpha value is -2.33. The van der Waals surface area contributed by atoms with Crippen molar-refractivity contribution in [2.24, 2.45) is 5.92 Å². The van der Waals surface area contributed by atoms with E-state index in [1.165, 1.54) is 24.8 Å². The van der Waals surface area contributed by atoms with Gasteiger partial charge in [0.15, 0.2) is 0 Å². The summed E-state index contributed by atoms with van der Waals surface area (Å²) in [6, 6.07) is 16.1. The molecule has 1 N–H and O–H groups in total. The molecule has 0 saturated heterocycles. The molecule has 0 radical (unpaired) electrons. The zero-order valence-corrected chi connectivity index (χ0v) is 16.8. The molecule has 28 heavy (non-hydrogen) atoms. The first kappa shape index (κ1) is 19.0. The van der Waals surface area contributed by atoms with Gasteiger partial charge < -0.3 is 9.88 Å². The van der Waals surface area contributed by atoms with Crippen LogP contribution >= 0.6 is 11.6 Å². The molecule has 146 valence electrons. The van der Waals surface area contributed by atoms with Crippen LogP contribution in [-0.2, 0) is 17.8 Å². The highest BCUT2D eigenvalue weighted by atomic mass is 35.5. The molecule has 2 aromatic carbocycles. The van der Waals surface area contributed by atoms with Crippen LogP contribution in [0, 0.1) is 5.92 Å². The average Bonchev–Trinajstić information content (AvgIpc) is 3.07. The molecule has 1 heterocycles. The van der Waals surface area contributed by atoms with Crippen LogP contribution in [-0.4, -0.2) is 22.0 Å². The fourth-order valence-electron chi connectivity index (χ4n) is 4.07. The number of halogens is 1. The van der Waals surface area contributed by atoms with Crippen molar-refractivity contribution in [2.75, 3.05) is 6.54 Å². The van der Waals surface area contributed by atoms with E-state index in [4.69, 9.17) is 16.6 Å². The van der Waals surface area contributed by atoms with Gasteiger partial charge in [-0.15, -0.1) is 0 Å². The summed E-state index contributed by atoms with van der Waals surface area (Å²) in [5, 5.41) is 3.87. The van der Waals surface area contributed by atoms with Crippen molar-refractivity contribution in [3.63, 3.8) is 0 Å². The Morgan fingerprint density at radius 1 is 1.07 bits per heavy atom. The Labute approximate surface area is 170 Å². The lowest BCUT2D eigenvalue weighted by atomic mass is 9.89. The molecule has 0 spiro atoms. The van der Waals surface area contributed by atoms with Gasteiger partial charge in [-0.2, -0.15) is 0 Å². The minimum absolute atomic E-state index is 0.196. The van der Waals surface area contributed by atoms with Crippen molar-refractivity contribution >= 4 is 28.5 Å². The number of hydrogen-bond acceptors (Lipinski definition) is 2. The molecule has 1 saturated carbocycles. The highest BCUT2D eigenvalue weighted by Crippen LogP contribution is 2.24. The second-order valence-electron chi connectivity index (χ2n) is 7.61. The van der Waals surface area contributed by atoms with Crippen LogP contribution in [0.5, 0.6) is 0 Å². The maximum absolute atomic E-state index is 12.4. The van der Waals surface area contributed by atoms with E-state index in [0.717, 1.165) is 47.7 Å². The highest BCUT2D eigenvalue weighted by Gasteiger charge is 2.20. The Morgan fingerprint density at radius 2 is 1.82 bits per heavy atom. The largest absolute Gasteiger partial charge is 0.355 e. The molecular weight excluding hydrogens is 370 g/mol. The number of carbonyl (C=O) groups is 1. The first-order valence-electron chi connectivity index (χ1n) is 10.2. The summed E-state index contributed by atoms with van der Waals surface area (Å²) in [5.41, 5.74) is 3.29. The molecular formula is C23H26ClN3O. The van der Waals surface area contributed by atoms with Gasteiger partial charge in [0.05, 0.1) is 11.0 Å². The number of carbonyl (C=O) groups excluding carboxylic acids is 1. The summed E-state index contributed by atoms with van der Waals surface area (Å²) in [6.45, 7) is 1.36. The molecule has 4 nitrogen and oxygen atoms in total. The Kier molecular flexibility index (Phi) is 5.96. The van der Waals surface area contributed by atoms with E-state index < -0.39 is 0 Å². The smallest absolute Gasteiger partial charge is 0.223 e. The molecule has 0 unspecified atom stereocenters. The topological polar surface area (TPSA) is 46.9 Å². The third-order valence-corrected chi connectivity index (χ3v) is 5.86. The van der Waals surface area contributed by atoms with Crippen LogP contribution < -0.4 is 5.32 Å². The summed E-state index contributed by atoms with van der Waals surface area (Å²) in [4.78, 5) is 17.2. The highest BCUT2D eigenvalue weighted by molar-refractivity contribution is 6.30. The third kappa shape index (κ3) is 4.39. The van der Waals surface area contributed by atoms with E-state index in [-0.39, 0.29) is 11.8 Å². The minimum atomic E-state index is 0.196. The van der Waals surface area contributed by atoms with E-state index in [1.807, 2.05) is 42.5 Å². The number of hydrogen-bond donors (Lipinski definition) is 1. The van der Waals surface area contributed by atoms with E-state index in [9.17, 15) is 4.79 Å². The number of benzene rings is 2. The molecule has 0 atom stereocenters. The van der Waals surface area contributed by atoms with Crippen LogP contribution in [0.1, 0.15) is 43.5 Å². The van der Waals surface area contributed by atoms with Crippen molar-refractivity contribution in [1.82, 2.24) is 14.9 Å². The predicted octanol–water partition coefficient (Wildman–Crippen LogP) is 4.98.